The van der Waals surface area contributed by atoms with E-state index in [4.69, 9.17) is 16.3 Å². The van der Waals surface area contributed by atoms with Crippen LogP contribution < -0.4 is 14.8 Å². The molecule has 0 aliphatic heterocycles. The number of hydrogen-bond donors (Lipinski definition) is 2. The summed E-state index contributed by atoms with van der Waals surface area (Å²) in [5.41, 5.74) is 0.604. The van der Waals surface area contributed by atoms with Crippen molar-refractivity contribution in [3.05, 3.63) is 53.1 Å². The van der Waals surface area contributed by atoms with Crippen LogP contribution in [-0.2, 0) is 10.0 Å². The van der Waals surface area contributed by atoms with E-state index in [1.165, 1.54) is 25.2 Å². The van der Waals surface area contributed by atoms with E-state index >= 15 is 0 Å². The van der Waals surface area contributed by atoms with Gasteiger partial charge in [0.1, 0.15) is 5.75 Å². The summed E-state index contributed by atoms with van der Waals surface area (Å²) in [4.78, 5) is 12.3. The predicted octanol–water partition coefficient (Wildman–Crippen LogP) is 2.51. The van der Waals surface area contributed by atoms with E-state index in [1.54, 1.807) is 31.4 Å². The van der Waals surface area contributed by atoms with Crippen LogP contribution in [0.15, 0.2) is 47.4 Å². The summed E-state index contributed by atoms with van der Waals surface area (Å²) in [7, 11) is -0.823. The number of rotatable bonds is 5. The maximum absolute atomic E-state index is 12.3. The van der Waals surface area contributed by atoms with Crippen LogP contribution in [0.25, 0.3) is 0 Å². The highest BCUT2D eigenvalue weighted by Crippen LogP contribution is 2.22. The summed E-state index contributed by atoms with van der Waals surface area (Å²) in [5.74, 6) is 0.150. The Kier molecular flexibility index (Phi) is 5.25. The number of nitrogens with one attached hydrogen (secondary N) is 2. The molecule has 0 aromatic heterocycles. The third-order valence-corrected chi connectivity index (χ3v) is 4.85. The SMILES string of the molecule is CNS(=O)(=O)c1ccc(Cl)c(C(=O)Nc2ccc(OC)cc2)c1. The Morgan fingerprint density at radius 1 is 1.13 bits per heavy atom. The highest BCUT2D eigenvalue weighted by Gasteiger charge is 2.17. The minimum Gasteiger partial charge on any atom is -0.497 e. The van der Waals surface area contributed by atoms with Gasteiger partial charge in [-0.15, -0.1) is 0 Å². The normalized spacial score (nSPS) is 11.1. The van der Waals surface area contributed by atoms with Crippen LogP contribution in [0.4, 0.5) is 5.69 Å². The van der Waals surface area contributed by atoms with Crippen molar-refractivity contribution in [3.63, 3.8) is 0 Å². The van der Waals surface area contributed by atoms with Crippen molar-refractivity contribution in [2.45, 2.75) is 4.90 Å². The van der Waals surface area contributed by atoms with Gasteiger partial charge in [0.25, 0.3) is 5.91 Å². The Morgan fingerprint density at radius 3 is 2.35 bits per heavy atom. The molecule has 0 aliphatic carbocycles. The van der Waals surface area contributed by atoms with E-state index in [0.717, 1.165) is 0 Å². The fourth-order valence-corrected chi connectivity index (χ4v) is 2.80. The third-order valence-electron chi connectivity index (χ3n) is 3.11. The molecule has 0 bridgehead atoms. The number of anilines is 1. The molecular weight excluding hydrogens is 340 g/mol. The molecule has 0 heterocycles. The van der Waals surface area contributed by atoms with Crippen molar-refractivity contribution >= 4 is 33.2 Å². The van der Waals surface area contributed by atoms with Crippen molar-refractivity contribution in [1.82, 2.24) is 4.72 Å². The van der Waals surface area contributed by atoms with Crippen molar-refractivity contribution < 1.29 is 17.9 Å². The van der Waals surface area contributed by atoms with Gasteiger partial charge in [0.05, 0.1) is 22.6 Å². The summed E-state index contributed by atoms with van der Waals surface area (Å²) in [6.07, 6.45) is 0. The summed E-state index contributed by atoms with van der Waals surface area (Å²) >= 11 is 6.00. The molecule has 8 heteroatoms. The summed E-state index contributed by atoms with van der Waals surface area (Å²) in [6.45, 7) is 0. The predicted molar refractivity (Wildman–Crippen MR) is 88.6 cm³/mol. The number of hydrogen-bond acceptors (Lipinski definition) is 4. The fraction of sp³-hybridized carbons (Fsp3) is 0.133. The van der Waals surface area contributed by atoms with E-state index < -0.39 is 15.9 Å². The van der Waals surface area contributed by atoms with Crippen LogP contribution in [0.3, 0.4) is 0 Å². The number of halogens is 1. The number of carbonyl (C=O) groups excluding carboxylic acids is 1. The number of ether oxygens (including phenoxy) is 1. The van der Waals surface area contributed by atoms with Crippen LogP contribution in [0, 0.1) is 0 Å². The minimum absolute atomic E-state index is 0.0377. The topological polar surface area (TPSA) is 84.5 Å². The van der Waals surface area contributed by atoms with Gasteiger partial charge in [0, 0.05) is 5.69 Å². The lowest BCUT2D eigenvalue weighted by Gasteiger charge is -2.09. The molecule has 0 aliphatic rings. The molecule has 0 saturated carbocycles. The molecule has 6 nitrogen and oxygen atoms in total. The Labute approximate surface area is 139 Å². The van der Waals surface area contributed by atoms with Crippen molar-refractivity contribution in [3.8, 4) is 5.75 Å². The number of amides is 1. The van der Waals surface area contributed by atoms with Gasteiger partial charge in [-0.05, 0) is 49.5 Å². The first-order chi connectivity index (χ1) is 10.9. The molecule has 0 unspecified atom stereocenters. The zero-order valence-corrected chi connectivity index (χ0v) is 14.0. The molecule has 0 saturated heterocycles. The van der Waals surface area contributed by atoms with Crippen molar-refractivity contribution in [1.29, 1.82) is 0 Å². The van der Waals surface area contributed by atoms with Crippen molar-refractivity contribution in [2.24, 2.45) is 0 Å². The van der Waals surface area contributed by atoms with Crippen LogP contribution >= 0.6 is 11.6 Å². The van der Waals surface area contributed by atoms with Gasteiger partial charge in [-0.1, -0.05) is 11.6 Å². The lowest BCUT2D eigenvalue weighted by molar-refractivity contribution is 0.102. The fourth-order valence-electron chi connectivity index (χ4n) is 1.84. The largest absolute Gasteiger partial charge is 0.497 e. The molecule has 2 aromatic rings. The highest BCUT2D eigenvalue weighted by molar-refractivity contribution is 7.89. The Balaban J connectivity index is 2.29. The van der Waals surface area contributed by atoms with Gasteiger partial charge in [-0.25, -0.2) is 13.1 Å². The summed E-state index contributed by atoms with van der Waals surface area (Å²) in [6, 6.07) is 10.6. The lowest BCUT2D eigenvalue weighted by atomic mass is 10.2. The van der Waals surface area contributed by atoms with Crippen LogP contribution in [0.2, 0.25) is 5.02 Å². The van der Waals surface area contributed by atoms with E-state index in [0.29, 0.717) is 11.4 Å². The van der Waals surface area contributed by atoms with Crippen LogP contribution in [0.1, 0.15) is 10.4 Å². The molecule has 0 fully saturated rings. The molecule has 23 heavy (non-hydrogen) atoms. The first kappa shape index (κ1) is 17.3. The number of methoxy groups -OCH3 is 1. The lowest BCUT2D eigenvalue weighted by Crippen LogP contribution is -2.20. The molecule has 0 atom stereocenters. The van der Waals surface area contributed by atoms with Gasteiger partial charge in [-0.2, -0.15) is 0 Å². The number of sulfonamides is 1. The Bertz CT molecular complexity index is 820. The molecule has 0 radical (unpaired) electrons. The zero-order chi connectivity index (χ0) is 17.0. The molecule has 2 aromatic carbocycles. The van der Waals surface area contributed by atoms with Gasteiger partial charge in [-0.3, -0.25) is 4.79 Å². The first-order valence-corrected chi connectivity index (χ1v) is 8.42. The molecule has 1 amide bonds. The standard InChI is InChI=1S/C15H15ClN2O4S/c1-17-23(20,21)12-7-8-14(16)13(9-12)15(19)18-10-3-5-11(22-2)6-4-10/h3-9,17H,1-2H3,(H,18,19). The average molecular weight is 355 g/mol. The van der Waals surface area contributed by atoms with E-state index in [9.17, 15) is 13.2 Å². The quantitative estimate of drug-likeness (QED) is 0.864. The van der Waals surface area contributed by atoms with Gasteiger partial charge in [0.15, 0.2) is 0 Å². The Morgan fingerprint density at radius 2 is 1.78 bits per heavy atom. The van der Waals surface area contributed by atoms with Crippen LogP contribution in [0.5, 0.6) is 5.75 Å². The highest BCUT2D eigenvalue weighted by atomic mass is 35.5. The molecule has 0 spiro atoms. The summed E-state index contributed by atoms with van der Waals surface area (Å²) < 4.78 is 30.9. The van der Waals surface area contributed by atoms with E-state index in [1.807, 2.05) is 0 Å². The minimum atomic E-state index is -3.66. The second kappa shape index (κ2) is 6.99. The maximum Gasteiger partial charge on any atom is 0.257 e. The molecule has 2 N–H and O–H groups in total. The van der Waals surface area contributed by atoms with Gasteiger partial charge in [0.2, 0.25) is 10.0 Å². The molecular formula is C15H15ClN2O4S. The zero-order valence-electron chi connectivity index (χ0n) is 12.5. The van der Waals surface area contributed by atoms with Crippen molar-refractivity contribution in [2.75, 3.05) is 19.5 Å². The molecule has 122 valence electrons. The molecule has 2 rings (SSSR count). The second-order valence-corrected chi connectivity index (χ2v) is 6.83. The van der Waals surface area contributed by atoms with Gasteiger partial charge >= 0.3 is 0 Å². The second-order valence-electron chi connectivity index (χ2n) is 4.53. The third kappa shape index (κ3) is 4.01. The average Bonchev–Trinajstić information content (AvgIpc) is 2.55. The summed E-state index contributed by atoms with van der Waals surface area (Å²) in [5, 5.41) is 2.81. The first-order valence-electron chi connectivity index (χ1n) is 6.56. The number of carbonyl (C=O) groups is 1. The Hall–Kier alpha value is -2.09. The van der Waals surface area contributed by atoms with E-state index in [2.05, 4.69) is 10.0 Å². The van der Waals surface area contributed by atoms with Crippen LogP contribution in [-0.4, -0.2) is 28.5 Å². The smallest absolute Gasteiger partial charge is 0.257 e. The number of benzene rings is 2. The van der Waals surface area contributed by atoms with E-state index in [-0.39, 0.29) is 15.5 Å². The maximum atomic E-state index is 12.3. The monoisotopic (exact) mass is 354 g/mol. The van der Waals surface area contributed by atoms with Gasteiger partial charge < -0.3 is 10.1 Å².